The van der Waals surface area contributed by atoms with Gasteiger partial charge in [-0.05, 0) is 23.5 Å². The number of alkyl carbamates (subject to hydrolysis) is 1. The molecular formula is C14H21NO2. The van der Waals surface area contributed by atoms with Crippen LogP contribution in [0.25, 0.3) is 0 Å². The van der Waals surface area contributed by atoms with E-state index in [1.165, 1.54) is 5.56 Å². The Kier molecular flexibility index (Phi) is 4.55. The molecular weight excluding hydrogens is 214 g/mol. The third-order valence-corrected chi connectivity index (χ3v) is 2.53. The fourth-order valence-corrected chi connectivity index (χ4v) is 1.48. The molecule has 1 rings (SSSR count). The van der Waals surface area contributed by atoms with E-state index < -0.39 is 0 Å². The van der Waals surface area contributed by atoms with Gasteiger partial charge >= 0.3 is 6.09 Å². The molecule has 17 heavy (non-hydrogen) atoms. The summed E-state index contributed by atoms with van der Waals surface area (Å²) in [6.45, 7) is 9.23. The van der Waals surface area contributed by atoms with Crippen LogP contribution < -0.4 is 5.32 Å². The predicted octanol–water partition coefficient (Wildman–Crippen LogP) is 3.23. The van der Waals surface area contributed by atoms with Crippen molar-refractivity contribution >= 4 is 6.09 Å². The summed E-state index contributed by atoms with van der Waals surface area (Å²) in [4.78, 5) is 11.1. The van der Waals surface area contributed by atoms with Crippen LogP contribution in [-0.4, -0.2) is 12.7 Å². The van der Waals surface area contributed by atoms with E-state index in [-0.39, 0.29) is 11.5 Å². The van der Waals surface area contributed by atoms with Crippen LogP contribution >= 0.6 is 0 Å². The molecule has 0 radical (unpaired) electrons. The van der Waals surface area contributed by atoms with Crippen molar-refractivity contribution in [3.05, 3.63) is 35.4 Å². The van der Waals surface area contributed by atoms with Crippen LogP contribution in [0, 0.1) is 0 Å². The van der Waals surface area contributed by atoms with Gasteiger partial charge in [-0.2, -0.15) is 0 Å². The number of rotatable bonds is 3. The minimum Gasteiger partial charge on any atom is -0.450 e. The van der Waals surface area contributed by atoms with Gasteiger partial charge in [0.15, 0.2) is 0 Å². The van der Waals surface area contributed by atoms with Gasteiger partial charge in [-0.25, -0.2) is 4.79 Å². The maximum atomic E-state index is 11.1. The summed E-state index contributed by atoms with van der Waals surface area (Å²) in [6, 6.07) is 8.27. The lowest BCUT2D eigenvalue weighted by molar-refractivity contribution is 0.151. The van der Waals surface area contributed by atoms with Crippen LogP contribution in [0.3, 0.4) is 0 Å². The Labute approximate surface area is 103 Å². The van der Waals surface area contributed by atoms with Crippen molar-refractivity contribution in [1.82, 2.24) is 5.32 Å². The number of hydrogen-bond acceptors (Lipinski definition) is 2. The first-order valence-corrected chi connectivity index (χ1v) is 5.93. The molecule has 0 aliphatic rings. The first-order valence-electron chi connectivity index (χ1n) is 5.93. The number of ether oxygens (including phenoxy) is 1. The van der Waals surface area contributed by atoms with E-state index in [9.17, 15) is 4.79 Å². The molecule has 0 bridgehead atoms. The van der Waals surface area contributed by atoms with Crippen LogP contribution in [0.2, 0.25) is 0 Å². The Balaban J connectivity index is 2.54. The molecule has 0 heterocycles. The van der Waals surface area contributed by atoms with E-state index in [0.717, 1.165) is 5.56 Å². The van der Waals surface area contributed by atoms with Crippen molar-refractivity contribution in [3.8, 4) is 0 Å². The standard InChI is InChI=1S/C14H21NO2/c1-5-17-13(16)15-10-11-6-8-12(9-7-11)14(2,3)4/h6-9H,5,10H2,1-4H3,(H,15,16). The van der Waals surface area contributed by atoms with Crippen molar-refractivity contribution in [2.24, 2.45) is 0 Å². The molecule has 0 spiro atoms. The van der Waals surface area contributed by atoms with E-state index in [0.29, 0.717) is 13.2 Å². The highest BCUT2D eigenvalue weighted by atomic mass is 16.5. The Morgan fingerprint density at radius 2 is 1.82 bits per heavy atom. The maximum absolute atomic E-state index is 11.1. The van der Waals surface area contributed by atoms with Crippen molar-refractivity contribution in [2.45, 2.75) is 39.7 Å². The lowest BCUT2D eigenvalue weighted by Crippen LogP contribution is -2.23. The molecule has 0 aliphatic carbocycles. The topological polar surface area (TPSA) is 38.3 Å². The fraction of sp³-hybridized carbons (Fsp3) is 0.500. The maximum Gasteiger partial charge on any atom is 0.407 e. The van der Waals surface area contributed by atoms with E-state index in [1.807, 2.05) is 12.1 Å². The van der Waals surface area contributed by atoms with E-state index in [1.54, 1.807) is 6.92 Å². The molecule has 1 aromatic carbocycles. The van der Waals surface area contributed by atoms with Crippen molar-refractivity contribution in [2.75, 3.05) is 6.61 Å². The van der Waals surface area contributed by atoms with E-state index in [2.05, 4.69) is 38.2 Å². The van der Waals surface area contributed by atoms with Crippen LogP contribution in [0.4, 0.5) is 4.79 Å². The SMILES string of the molecule is CCOC(=O)NCc1ccc(C(C)(C)C)cc1. The summed E-state index contributed by atoms with van der Waals surface area (Å²) in [7, 11) is 0. The molecule has 3 nitrogen and oxygen atoms in total. The molecule has 0 atom stereocenters. The average Bonchev–Trinajstić information content (AvgIpc) is 2.26. The lowest BCUT2D eigenvalue weighted by atomic mass is 9.87. The Morgan fingerprint density at radius 3 is 2.29 bits per heavy atom. The molecule has 1 amide bonds. The molecule has 0 saturated heterocycles. The van der Waals surface area contributed by atoms with Gasteiger partial charge in [0.1, 0.15) is 0 Å². The summed E-state index contributed by atoms with van der Waals surface area (Å²) in [5.41, 5.74) is 2.52. The molecule has 0 aromatic heterocycles. The minimum atomic E-state index is -0.368. The smallest absolute Gasteiger partial charge is 0.407 e. The van der Waals surface area contributed by atoms with Gasteiger partial charge in [-0.1, -0.05) is 45.0 Å². The summed E-state index contributed by atoms with van der Waals surface area (Å²) >= 11 is 0. The molecule has 1 aromatic rings. The van der Waals surface area contributed by atoms with Crippen molar-refractivity contribution < 1.29 is 9.53 Å². The number of amides is 1. The highest BCUT2D eigenvalue weighted by Crippen LogP contribution is 2.22. The summed E-state index contributed by atoms with van der Waals surface area (Å²) < 4.78 is 4.79. The molecule has 0 aliphatic heterocycles. The zero-order valence-electron chi connectivity index (χ0n) is 11.0. The third-order valence-electron chi connectivity index (χ3n) is 2.53. The molecule has 94 valence electrons. The van der Waals surface area contributed by atoms with E-state index >= 15 is 0 Å². The fourth-order valence-electron chi connectivity index (χ4n) is 1.48. The second kappa shape index (κ2) is 5.71. The average molecular weight is 235 g/mol. The van der Waals surface area contributed by atoms with Crippen molar-refractivity contribution in [1.29, 1.82) is 0 Å². The van der Waals surface area contributed by atoms with Crippen LogP contribution in [0.5, 0.6) is 0 Å². The zero-order chi connectivity index (χ0) is 12.9. The van der Waals surface area contributed by atoms with Crippen LogP contribution in [-0.2, 0) is 16.7 Å². The van der Waals surface area contributed by atoms with Gasteiger partial charge in [0.05, 0.1) is 6.61 Å². The molecule has 0 fully saturated rings. The predicted molar refractivity (Wildman–Crippen MR) is 69.0 cm³/mol. The Morgan fingerprint density at radius 1 is 1.24 bits per heavy atom. The molecule has 3 heteroatoms. The van der Waals surface area contributed by atoms with Gasteiger partial charge in [0, 0.05) is 6.54 Å². The third kappa shape index (κ3) is 4.47. The lowest BCUT2D eigenvalue weighted by Gasteiger charge is -2.19. The number of benzene rings is 1. The number of carbonyl (C=O) groups is 1. The second-order valence-electron chi connectivity index (χ2n) is 5.02. The Hall–Kier alpha value is -1.51. The Bertz CT molecular complexity index is 363. The molecule has 0 unspecified atom stereocenters. The molecule has 1 N–H and O–H groups in total. The largest absolute Gasteiger partial charge is 0.450 e. The highest BCUT2D eigenvalue weighted by Gasteiger charge is 2.12. The summed E-state index contributed by atoms with van der Waals surface area (Å²) in [5, 5.41) is 2.70. The second-order valence-corrected chi connectivity index (χ2v) is 5.02. The summed E-state index contributed by atoms with van der Waals surface area (Å²) in [5.74, 6) is 0. The van der Waals surface area contributed by atoms with Gasteiger partial charge in [0.2, 0.25) is 0 Å². The number of nitrogens with one attached hydrogen (secondary N) is 1. The highest BCUT2D eigenvalue weighted by molar-refractivity contribution is 5.67. The van der Waals surface area contributed by atoms with Crippen LogP contribution in [0.1, 0.15) is 38.8 Å². The van der Waals surface area contributed by atoms with Gasteiger partial charge in [-0.3, -0.25) is 0 Å². The number of hydrogen-bond donors (Lipinski definition) is 1. The molecule has 0 saturated carbocycles. The van der Waals surface area contributed by atoms with Gasteiger partial charge in [-0.15, -0.1) is 0 Å². The van der Waals surface area contributed by atoms with E-state index in [4.69, 9.17) is 4.74 Å². The minimum absolute atomic E-state index is 0.160. The quantitative estimate of drug-likeness (QED) is 0.873. The van der Waals surface area contributed by atoms with Gasteiger partial charge < -0.3 is 10.1 Å². The normalized spacial score (nSPS) is 11.1. The summed E-state index contributed by atoms with van der Waals surface area (Å²) in [6.07, 6.45) is -0.368. The number of carbonyl (C=O) groups excluding carboxylic acids is 1. The zero-order valence-corrected chi connectivity index (χ0v) is 11.0. The monoisotopic (exact) mass is 235 g/mol. The van der Waals surface area contributed by atoms with Crippen molar-refractivity contribution in [3.63, 3.8) is 0 Å². The first-order chi connectivity index (χ1) is 7.93. The first kappa shape index (κ1) is 13.6. The van der Waals surface area contributed by atoms with Gasteiger partial charge in [0.25, 0.3) is 0 Å². The van der Waals surface area contributed by atoms with Crippen LogP contribution in [0.15, 0.2) is 24.3 Å².